The minimum Gasteiger partial charge on any atom is -0.484 e. The molecule has 118 valence electrons. The second-order valence-corrected chi connectivity index (χ2v) is 6.47. The Bertz CT molecular complexity index is 418. The van der Waals surface area contributed by atoms with Gasteiger partial charge in [-0.1, -0.05) is 59.1 Å². The van der Waals surface area contributed by atoms with Crippen LogP contribution in [0.1, 0.15) is 58.9 Å². The first-order valence-corrected chi connectivity index (χ1v) is 7.93. The van der Waals surface area contributed by atoms with Crippen molar-refractivity contribution in [2.24, 2.45) is 0 Å². The van der Waals surface area contributed by atoms with E-state index in [1.807, 2.05) is 12.1 Å². The van der Waals surface area contributed by atoms with Crippen LogP contribution in [0.4, 0.5) is 0 Å². The Kier molecular flexibility index (Phi) is 7.27. The fraction of sp³-hybridized carbons (Fsp3) is 0.611. The summed E-state index contributed by atoms with van der Waals surface area (Å²) in [6.07, 6.45) is 4.65. The van der Waals surface area contributed by atoms with E-state index >= 15 is 0 Å². The van der Waals surface area contributed by atoms with Crippen molar-refractivity contribution in [3.8, 4) is 5.75 Å². The molecule has 1 N–H and O–H groups in total. The van der Waals surface area contributed by atoms with Crippen LogP contribution in [-0.4, -0.2) is 19.1 Å². The van der Waals surface area contributed by atoms with E-state index in [1.54, 1.807) is 0 Å². The maximum atomic E-state index is 11.6. The second kappa shape index (κ2) is 8.71. The van der Waals surface area contributed by atoms with Gasteiger partial charge in [-0.2, -0.15) is 0 Å². The molecular formula is C18H29NO2. The van der Waals surface area contributed by atoms with Crippen molar-refractivity contribution in [2.75, 3.05) is 13.2 Å². The number of nitrogens with one attached hydrogen (secondary N) is 1. The average molecular weight is 291 g/mol. The molecule has 0 unspecified atom stereocenters. The van der Waals surface area contributed by atoms with Gasteiger partial charge in [0.25, 0.3) is 5.91 Å². The lowest BCUT2D eigenvalue weighted by molar-refractivity contribution is -0.123. The number of hydrogen-bond acceptors (Lipinski definition) is 2. The Morgan fingerprint density at radius 1 is 1.10 bits per heavy atom. The molecule has 0 aromatic heterocycles. The van der Waals surface area contributed by atoms with Crippen molar-refractivity contribution in [3.63, 3.8) is 0 Å². The molecule has 0 fully saturated rings. The summed E-state index contributed by atoms with van der Waals surface area (Å²) in [4.78, 5) is 11.6. The van der Waals surface area contributed by atoms with Gasteiger partial charge < -0.3 is 10.1 Å². The lowest BCUT2D eigenvalue weighted by atomic mass is 9.87. The van der Waals surface area contributed by atoms with Gasteiger partial charge in [0.1, 0.15) is 5.75 Å². The van der Waals surface area contributed by atoms with E-state index in [2.05, 4.69) is 45.1 Å². The predicted octanol–water partition coefficient (Wildman–Crippen LogP) is 4.06. The number of ether oxygens (including phenoxy) is 1. The number of unbranched alkanes of at least 4 members (excludes halogenated alkanes) is 3. The van der Waals surface area contributed by atoms with Crippen molar-refractivity contribution >= 4 is 5.91 Å². The van der Waals surface area contributed by atoms with Crippen LogP contribution in [0.2, 0.25) is 0 Å². The van der Waals surface area contributed by atoms with Crippen molar-refractivity contribution < 1.29 is 9.53 Å². The Morgan fingerprint density at radius 2 is 1.76 bits per heavy atom. The number of hydrogen-bond donors (Lipinski definition) is 1. The van der Waals surface area contributed by atoms with Crippen LogP contribution in [0.3, 0.4) is 0 Å². The minimum absolute atomic E-state index is 0.0496. The maximum absolute atomic E-state index is 11.6. The van der Waals surface area contributed by atoms with Gasteiger partial charge in [0, 0.05) is 6.54 Å². The quantitative estimate of drug-likeness (QED) is 0.734. The van der Waals surface area contributed by atoms with Crippen LogP contribution in [0, 0.1) is 0 Å². The minimum atomic E-state index is -0.0496. The average Bonchev–Trinajstić information content (AvgIpc) is 2.44. The molecule has 1 amide bonds. The fourth-order valence-corrected chi connectivity index (χ4v) is 2.03. The third kappa shape index (κ3) is 7.16. The highest BCUT2D eigenvalue weighted by molar-refractivity contribution is 5.77. The molecule has 3 nitrogen and oxygen atoms in total. The molecule has 1 aromatic carbocycles. The molecule has 0 radical (unpaired) electrons. The molecule has 0 bridgehead atoms. The molecule has 0 aliphatic heterocycles. The van der Waals surface area contributed by atoms with Crippen LogP contribution in [0.15, 0.2) is 24.3 Å². The molecule has 3 heteroatoms. The topological polar surface area (TPSA) is 38.3 Å². The highest BCUT2D eigenvalue weighted by atomic mass is 16.5. The Morgan fingerprint density at radius 3 is 2.33 bits per heavy atom. The molecule has 0 saturated carbocycles. The Labute approximate surface area is 129 Å². The summed E-state index contributed by atoms with van der Waals surface area (Å²) < 4.78 is 5.50. The van der Waals surface area contributed by atoms with Crippen molar-refractivity contribution in [2.45, 2.75) is 58.8 Å². The lowest BCUT2D eigenvalue weighted by Gasteiger charge is -2.19. The molecule has 0 saturated heterocycles. The van der Waals surface area contributed by atoms with Gasteiger partial charge in [0.2, 0.25) is 0 Å². The van der Waals surface area contributed by atoms with E-state index in [4.69, 9.17) is 4.74 Å². The van der Waals surface area contributed by atoms with Crippen LogP contribution < -0.4 is 10.1 Å². The Balaban J connectivity index is 2.27. The first kappa shape index (κ1) is 17.5. The smallest absolute Gasteiger partial charge is 0.257 e. The van der Waals surface area contributed by atoms with E-state index in [-0.39, 0.29) is 17.9 Å². The van der Waals surface area contributed by atoms with Gasteiger partial charge in [0.05, 0.1) is 0 Å². The van der Waals surface area contributed by atoms with Crippen LogP contribution in [0.25, 0.3) is 0 Å². The standard InChI is InChI=1S/C18H29NO2/c1-5-6-7-8-13-19-17(20)14-21-16-11-9-15(10-12-16)18(2,3)4/h9-12H,5-8,13-14H2,1-4H3,(H,19,20). The van der Waals surface area contributed by atoms with Crippen molar-refractivity contribution in [1.29, 1.82) is 0 Å². The van der Waals surface area contributed by atoms with Gasteiger partial charge >= 0.3 is 0 Å². The fourth-order valence-electron chi connectivity index (χ4n) is 2.03. The molecule has 21 heavy (non-hydrogen) atoms. The van der Waals surface area contributed by atoms with E-state index in [9.17, 15) is 4.79 Å². The van der Waals surface area contributed by atoms with E-state index in [0.717, 1.165) is 18.7 Å². The molecule has 1 aromatic rings. The molecule has 0 aliphatic rings. The normalized spacial score (nSPS) is 11.2. The summed E-state index contributed by atoms with van der Waals surface area (Å²) in [6.45, 7) is 9.53. The van der Waals surface area contributed by atoms with Crippen LogP contribution >= 0.6 is 0 Å². The van der Waals surface area contributed by atoms with E-state index < -0.39 is 0 Å². The third-order valence-electron chi connectivity index (χ3n) is 3.44. The summed E-state index contributed by atoms with van der Waals surface area (Å²) in [6, 6.07) is 7.96. The highest BCUT2D eigenvalue weighted by Gasteiger charge is 2.13. The lowest BCUT2D eigenvalue weighted by Crippen LogP contribution is -2.29. The third-order valence-corrected chi connectivity index (χ3v) is 3.44. The van der Waals surface area contributed by atoms with Crippen LogP contribution in [0.5, 0.6) is 5.75 Å². The zero-order valence-corrected chi connectivity index (χ0v) is 13.9. The number of carbonyl (C=O) groups is 1. The van der Waals surface area contributed by atoms with E-state index in [1.165, 1.54) is 24.8 Å². The van der Waals surface area contributed by atoms with Gasteiger partial charge in [-0.3, -0.25) is 4.79 Å². The summed E-state index contributed by atoms with van der Waals surface area (Å²) in [5.74, 6) is 0.690. The van der Waals surface area contributed by atoms with E-state index in [0.29, 0.717) is 0 Å². The molecular weight excluding hydrogens is 262 g/mol. The number of carbonyl (C=O) groups excluding carboxylic acids is 1. The Hall–Kier alpha value is -1.51. The number of benzene rings is 1. The summed E-state index contributed by atoms with van der Waals surface area (Å²) >= 11 is 0. The zero-order chi connectivity index (χ0) is 15.7. The largest absolute Gasteiger partial charge is 0.484 e. The molecule has 0 heterocycles. The second-order valence-electron chi connectivity index (χ2n) is 6.47. The molecule has 0 atom stereocenters. The summed E-state index contributed by atoms with van der Waals surface area (Å²) in [5.41, 5.74) is 1.39. The van der Waals surface area contributed by atoms with Gasteiger partial charge in [0.15, 0.2) is 6.61 Å². The van der Waals surface area contributed by atoms with Gasteiger partial charge in [-0.25, -0.2) is 0 Å². The first-order chi connectivity index (χ1) is 9.93. The summed E-state index contributed by atoms with van der Waals surface area (Å²) in [5, 5.41) is 2.88. The SMILES string of the molecule is CCCCCCNC(=O)COc1ccc(C(C)(C)C)cc1. The number of rotatable bonds is 8. The summed E-state index contributed by atoms with van der Waals surface area (Å²) in [7, 11) is 0. The monoisotopic (exact) mass is 291 g/mol. The molecule has 0 spiro atoms. The zero-order valence-electron chi connectivity index (χ0n) is 13.9. The van der Waals surface area contributed by atoms with Gasteiger partial charge in [-0.15, -0.1) is 0 Å². The molecule has 1 rings (SSSR count). The number of amides is 1. The maximum Gasteiger partial charge on any atom is 0.257 e. The first-order valence-electron chi connectivity index (χ1n) is 7.93. The highest BCUT2D eigenvalue weighted by Crippen LogP contribution is 2.24. The van der Waals surface area contributed by atoms with Crippen molar-refractivity contribution in [1.82, 2.24) is 5.32 Å². The van der Waals surface area contributed by atoms with Crippen molar-refractivity contribution in [3.05, 3.63) is 29.8 Å². The molecule has 0 aliphatic carbocycles. The van der Waals surface area contributed by atoms with Crippen LogP contribution in [-0.2, 0) is 10.2 Å². The predicted molar refractivity (Wildman–Crippen MR) is 87.8 cm³/mol. The van der Waals surface area contributed by atoms with Gasteiger partial charge in [-0.05, 0) is 29.5 Å².